The molecular formula is C16H17NOS. The van der Waals surface area contributed by atoms with Crippen LogP contribution < -0.4 is 5.32 Å². The predicted octanol–water partition coefficient (Wildman–Crippen LogP) is 4.35. The molecule has 0 saturated heterocycles. The van der Waals surface area contributed by atoms with E-state index in [9.17, 15) is 0 Å². The van der Waals surface area contributed by atoms with Gasteiger partial charge in [0.2, 0.25) is 0 Å². The quantitative estimate of drug-likeness (QED) is 0.746. The van der Waals surface area contributed by atoms with Gasteiger partial charge in [-0.15, -0.1) is 11.3 Å². The summed E-state index contributed by atoms with van der Waals surface area (Å²) in [6, 6.07) is 14.6. The molecular weight excluding hydrogens is 254 g/mol. The normalized spacial score (nSPS) is 11.2. The second kappa shape index (κ2) is 5.59. The number of furan rings is 1. The molecule has 0 atom stereocenters. The van der Waals surface area contributed by atoms with Gasteiger partial charge in [-0.2, -0.15) is 0 Å². The predicted molar refractivity (Wildman–Crippen MR) is 80.5 cm³/mol. The Labute approximate surface area is 117 Å². The monoisotopic (exact) mass is 271 g/mol. The van der Waals surface area contributed by atoms with Gasteiger partial charge in [0.1, 0.15) is 11.3 Å². The molecule has 3 aromatic rings. The first-order valence-corrected chi connectivity index (χ1v) is 7.42. The zero-order chi connectivity index (χ0) is 13.1. The summed E-state index contributed by atoms with van der Waals surface area (Å²) < 4.78 is 5.77. The molecule has 1 aromatic carbocycles. The average Bonchev–Trinajstić information content (AvgIpc) is 3.04. The second-order valence-corrected chi connectivity index (χ2v) is 5.83. The number of para-hydroxylation sites is 1. The Kier molecular flexibility index (Phi) is 3.67. The van der Waals surface area contributed by atoms with E-state index in [0.717, 1.165) is 30.9 Å². The highest BCUT2D eigenvalue weighted by Gasteiger charge is 2.03. The number of nitrogens with one attached hydrogen (secondary N) is 1. The molecule has 0 radical (unpaired) electrons. The van der Waals surface area contributed by atoms with E-state index in [4.69, 9.17) is 4.42 Å². The van der Waals surface area contributed by atoms with Crippen molar-refractivity contribution in [2.45, 2.75) is 26.4 Å². The van der Waals surface area contributed by atoms with E-state index in [1.54, 1.807) is 0 Å². The molecule has 0 aliphatic heterocycles. The SMILES string of the molecule is CCc1ccc(CNCc2cc3ccccc3o2)s1. The maximum Gasteiger partial charge on any atom is 0.134 e. The Balaban J connectivity index is 1.59. The number of aryl methyl sites for hydroxylation is 1. The lowest BCUT2D eigenvalue weighted by Crippen LogP contribution is -2.10. The van der Waals surface area contributed by atoms with Crippen LogP contribution in [-0.2, 0) is 19.5 Å². The standard InChI is InChI=1S/C16H17NOS/c1-2-14-7-8-15(19-14)11-17-10-13-9-12-5-3-4-6-16(12)18-13/h3-9,17H,2,10-11H2,1H3. The van der Waals surface area contributed by atoms with E-state index in [0.29, 0.717) is 0 Å². The van der Waals surface area contributed by atoms with Crippen molar-refractivity contribution in [3.05, 3.63) is 58.0 Å². The van der Waals surface area contributed by atoms with Crippen molar-refractivity contribution in [1.82, 2.24) is 5.32 Å². The van der Waals surface area contributed by atoms with Crippen molar-refractivity contribution < 1.29 is 4.42 Å². The van der Waals surface area contributed by atoms with E-state index >= 15 is 0 Å². The highest BCUT2D eigenvalue weighted by atomic mass is 32.1. The van der Waals surface area contributed by atoms with E-state index in [2.05, 4.69) is 36.5 Å². The van der Waals surface area contributed by atoms with E-state index in [1.165, 1.54) is 15.1 Å². The Morgan fingerprint density at radius 2 is 1.89 bits per heavy atom. The fourth-order valence-corrected chi connectivity index (χ4v) is 3.07. The van der Waals surface area contributed by atoms with Crippen molar-refractivity contribution in [1.29, 1.82) is 0 Å². The van der Waals surface area contributed by atoms with E-state index < -0.39 is 0 Å². The van der Waals surface area contributed by atoms with Gasteiger partial charge in [-0.1, -0.05) is 25.1 Å². The lowest BCUT2D eigenvalue weighted by molar-refractivity contribution is 0.515. The number of thiophene rings is 1. The number of hydrogen-bond donors (Lipinski definition) is 1. The molecule has 3 rings (SSSR count). The Hall–Kier alpha value is -1.58. The first kappa shape index (κ1) is 12.5. The van der Waals surface area contributed by atoms with Crippen LogP contribution in [0.2, 0.25) is 0 Å². The molecule has 0 saturated carbocycles. The fraction of sp³-hybridized carbons (Fsp3) is 0.250. The zero-order valence-corrected chi connectivity index (χ0v) is 11.8. The van der Waals surface area contributed by atoms with Gasteiger partial charge < -0.3 is 9.73 Å². The van der Waals surface area contributed by atoms with Gasteiger partial charge in [0, 0.05) is 21.7 Å². The van der Waals surface area contributed by atoms with Crippen LogP contribution in [0.3, 0.4) is 0 Å². The molecule has 98 valence electrons. The van der Waals surface area contributed by atoms with Gasteiger partial charge >= 0.3 is 0 Å². The van der Waals surface area contributed by atoms with Crippen LogP contribution in [0, 0.1) is 0 Å². The van der Waals surface area contributed by atoms with Gasteiger partial charge in [0.25, 0.3) is 0 Å². The fourth-order valence-electron chi connectivity index (χ4n) is 2.14. The molecule has 0 fully saturated rings. The number of benzene rings is 1. The molecule has 0 aliphatic rings. The minimum atomic E-state index is 0.772. The van der Waals surface area contributed by atoms with Crippen LogP contribution in [-0.4, -0.2) is 0 Å². The van der Waals surface area contributed by atoms with Crippen molar-refractivity contribution >= 4 is 22.3 Å². The van der Waals surface area contributed by atoms with Gasteiger partial charge in [-0.05, 0) is 30.7 Å². The first-order valence-electron chi connectivity index (χ1n) is 6.61. The molecule has 2 nitrogen and oxygen atoms in total. The highest BCUT2D eigenvalue weighted by Crippen LogP contribution is 2.19. The van der Waals surface area contributed by atoms with Gasteiger partial charge in [-0.3, -0.25) is 0 Å². The first-order chi connectivity index (χ1) is 9.35. The molecule has 0 aliphatic carbocycles. The maximum atomic E-state index is 5.77. The van der Waals surface area contributed by atoms with Crippen LogP contribution in [0.1, 0.15) is 22.4 Å². The summed E-state index contributed by atoms with van der Waals surface area (Å²) in [4.78, 5) is 2.83. The van der Waals surface area contributed by atoms with Gasteiger partial charge in [0.05, 0.1) is 6.54 Å². The Morgan fingerprint density at radius 3 is 2.68 bits per heavy atom. The zero-order valence-electron chi connectivity index (χ0n) is 11.0. The minimum Gasteiger partial charge on any atom is -0.460 e. The minimum absolute atomic E-state index is 0.772. The van der Waals surface area contributed by atoms with Gasteiger partial charge in [-0.25, -0.2) is 0 Å². The summed E-state index contributed by atoms with van der Waals surface area (Å²) >= 11 is 1.88. The van der Waals surface area contributed by atoms with E-state index in [1.807, 2.05) is 29.5 Å². The molecule has 19 heavy (non-hydrogen) atoms. The molecule has 2 aromatic heterocycles. The molecule has 1 N–H and O–H groups in total. The summed E-state index contributed by atoms with van der Waals surface area (Å²) in [6.45, 7) is 3.87. The van der Waals surface area contributed by atoms with Crippen LogP contribution in [0.5, 0.6) is 0 Å². The van der Waals surface area contributed by atoms with Crippen LogP contribution in [0.15, 0.2) is 46.9 Å². The molecule has 3 heteroatoms. The van der Waals surface area contributed by atoms with Gasteiger partial charge in [0.15, 0.2) is 0 Å². The Morgan fingerprint density at radius 1 is 1.05 bits per heavy atom. The molecule has 0 bridgehead atoms. The number of rotatable bonds is 5. The highest BCUT2D eigenvalue weighted by molar-refractivity contribution is 7.11. The smallest absolute Gasteiger partial charge is 0.134 e. The van der Waals surface area contributed by atoms with Crippen molar-refractivity contribution in [2.75, 3.05) is 0 Å². The summed E-state index contributed by atoms with van der Waals surface area (Å²) in [6.07, 6.45) is 1.12. The summed E-state index contributed by atoms with van der Waals surface area (Å²) in [5.74, 6) is 0.994. The lowest BCUT2D eigenvalue weighted by Gasteiger charge is -1.99. The van der Waals surface area contributed by atoms with Crippen molar-refractivity contribution in [3.8, 4) is 0 Å². The largest absolute Gasteiger partial charge is 0.460 e. The van der Waals surface area contributed by atoms with Crippen molar-refractivity contribution in [3.63, 3.8) is 0 Å². The maximum absolute atomic E-state index is 5.77. The third-order valence-corrected chi connectivity index (χ3v) is 4.37. The molecule has 0 amide bonds. The Bertz CT molecular complexity index is 635. The summed E-state index contributed by atoms with van der Waals surface area (Å²) in [5.41, 5.74) is 0.962. The molecule has 0 unspecified atom stereocenters. The third kappa shape index (κ3) is 2.88. The second-order valence-electron chi connectivity index (χ2n) is 4.58. The van der Waals surface area contributed by atoms with Crippen LogP contribution in [0.4, 0.5) is 0 Å². The number of fused-ring (bicyclic) bond motifs is 1. The summed E-state index contributed by atoms with van der Waals surface area (Å²) in [7, 11) is 0. The van der Waals surface area contributed by atoms with E-state index in [-0.39, 0.29) is 0 Å². The van der Waals surface area contributed by atoms with Crippen molar-refractivity contribution in [2.24, 2.45) is 0 Å². The number of hydrogen-bond acceptors (Lipinski definition) is 3. The molecule has 2 heterocycles. The third-order valence-electron chi connectivity index (χ3n) is 3.14. The summed E-state index contributed by atoms with van der Waals surface area (Å²) in [5, 5.41) is 4.60. The van der Waals surface area contributed by atoms with Crippen LogP contribution in [0.25, 0.3) is 11.0 Å². The average molecular weight is 271 g/mol. The van der Waals surface area contributed by atoms with Crippen LogP contribution >= 0.6 is 11.3 Å². The molecule has 0 spiro atoms. The topological polar surface area (TPSA) is 25.2 Å². The lowest BCUT2D eigenvalue weighted by atomic mass is 10.2.